The first-order valence-electron chi connectivity index (χ1n) is 6.60. The Morgan fingerprint density at radius 3 is 2.95 bits per heavy atom. The number of ether oxygens (including phenoxy) is 2. The van der Waals surface area contributed by atoms with Gasteiger partial charge in [-0.05, 0) is 25.2 Å². The van der Waals surface area contributed by atoms with E-state index in [1.807, 2.05) is 0 Å². The molecule has 0 aliphatic heterocycles. The Bertz CT molecular complexity index is 462. The van der Waals surface area contributed by atoms with Crippen LogP contribution < -0.4 is 10.5 Å². The predicted octanol–water partition coefficient (Wildman–Crippen LogP) is 2.41. The maximum Gasteiger partial charge on any atom is 0.340 e. The quantitative estimate of drug-likeness (QED) is 0.848. The molecule has 1 saturated carbocycles. The lowest BCUT2D eigenvalue weighted by Crippen LogP contribution is -2.24. The van der Waals surface area contributed by atoms with Gasteiger partial charge in [0.25, 0.3) is 0 Å². The molecule has 104 valence electrons. The normalized spacial score (nSPS) is 22.8. The van der Waals surface area contributed by atoms with Gasteiger partial charge in [0.05, 0.1) is 24.6 Å². The molecule has 1 heterocycles. The Morgan fingerprint density at radius 1 is 1.47 bits per heavy atom. The summed E-state index contributed by atoms with van der Waals surface area (Å²) in [6, 6.07) is 1.56. The summed E-state index contributed by atoms with van der Waals surface area (Å²) in [4.78, 5) is 15.7. The number of methoxy groups -OCH3 is 1. The van der Waals surface area contributed by atoms with Gasteiger partial charge in [-0.3, -0.25) is 0 Å². The summed E-state index contributed by atoms with van der Waals surface area (Å²) in [5.41, 5.74) is 6.31. The van der Waals surface area contributed by atoms with Gasteiger partial charge in [-0.15, -0.1) is 0 Å². The first-order valence-corrected chi connectivity index (χ1v) is 6.60. The maximum atomic E-state index is 11.5. The Balaban J connectivity index is 2.10. The van der Waals surface area contributed by atoms with Crippen molar-refractivity contribution in [2.24, 2.45) is 5.92 Å². The number of rotatable bonds is 3. The molecular formula is C14H20N2O3. The van der Waals surface area contributed by atoms with Gasteiger partial charge in [0, 0.05) is 6.07 Å². The number of hydrogen-bond acceptors (Lipinski definition) is 5. The molecular weight excluding hydrogens is 244 g/mol. The highest BCUT2D eigenvalue weighted by Gasteiger charge is 2.21. The highest BCUT2D eigenvalue weighted by atomic mass is 16.5. The van der Waals surface area contributed by atoms with Crippen LogP contribution in [0.1, 0.15) is 43.0 Å². The van der Waals surface area contributed by atoms with E-state index in [2.05, 4.69) is 16.6 Å². The topological polar surface area (TPSA) is 74.4 Å². The van der Waals surface area contributed by atoms with Crippen LogP contribution in [-0.4, -0.2) is 24.2 Å². The SMILES string of the molecule is COC(=O)c1cc(OC2CCCC(C)C2)ncc1N. The first-order chi connectivity index (χ1) is 9.10. The molecule has 2 atom stereocenters. The minimum absolute atomic E-state index is 0.172. The van der Waals surface area contributed by atoms with Crippen molar-refractivity contribution >= 4 is 11.7 Å². The number of esters is 1. The third-order valence-corrected chi connectivity index (χ3v) is 3.49. The highest BCUT2D eigenvalue weighted by Crippen LogP contribution is 2.27. The van der Waals surface area contributed by atoms with Crippen LogP contribution in [0.3, 0.4) is 0 Å². The molecule has 0 amide bonds. The molecule has 0 saturated heterocycles. The molecule has 1 aromatic heterocycles. The summed E-state index contributed by atoms with van der Waals surface area (Å²) >= 11 is 0. The van der Waals surface area contributed by atoms with Gasteiger partial charge in [-0.2, -0.15) is 0 Å². The van der Waals surface area contributed by atoms with Crippen LogP contribution in [0.15, 0.2) is 12.3 Å². The van der Waals surface area contributed by atoms with Gasteiger partial charge in [-0.25, -0.2) is 9.78 Å². The number of carbonyl (C=O) groups excluding carboxylic acids is 1. The van der Waals surface area contributed by atoms with Crippen molar-refractivity contribution in [3.05, 3.63) is 17.8 Å². The van der Waals surface area contributed by atoms with Crippen LogP contribution in [0.5, 0.6) is 5.88 Å². The van der Waals surface area contributed by atoms with Crippen molar-refractivity contribution in [2.45, 2.75) is 38.7 Å². The molecule has 2 rings (SSSR count). The Labute approximate surface area is 113 Å². The van der Waals surface area contributed by atoms with Gasteiger partial charge in [0.1, 0.15) is 6.10 Å². The zero-order valence-electron chi connectivity index (χ0n) is 11.4. The summed E-state index contributed by atoms with van der Waals surface area (Å²) in [5, 5.41) is 0. The van der Waals surface area contributed by atoms with Crippen molar-refractivity contribution in [3.63, 3.8) is 0 Å². The molecule has 0 aromatic carbocycles. The average Bonchev–Trinajstić information content (AvgIpc) is 2.40. The number of pyridine rings is 1. The second-order valence-electron chi connectivity index (χ2n) is 5.11. The lowest BCUT2D eigenvalue weighted by molar-refractivity contribution is 0.0600. The summed E-state index contributed by atoms with van der Waals surface area (Å²) in [7, 11) is 1.32. The molecule has 19 heavy (non-hydrogen) atoms. The minimum Gasteiger partial charge on any atom is -0.474 e. The predicted molar refractivity (Wildman–Crippen MR) is 72.0 cm³/mol. The number of anilines is 1. The van der Waals surface area contributed by atoms with Gasteiger partial charge in [0.15, 0.2) is 0 Å². The lowest BCUT2D eigenvalue weighted by atomic mass is 9.89. The van der Waals surface area contributed by atoms with Crippen LogP contribution in [0.2, 0.25) is 0 Å². The Kier molecular flexibility index (Phi) is 4.24. The lowest BCUT2D eigenvalue weighted by Gasteiger charge is -2.27. The van der Waals surface area contributed by atoms with Gasteiger partial charge >= 0.3 is 5.97 Å². The Hall–Kier alpha value is -1.78. The molecule has 5 nitrogen and oxygen atoms in total. The molecule has 2 N–H and O–H groups in total. The summed E-state index contributed by atoms with van der Waals surface area (Å²) in [6.45, 7) is 2.23. The minimum atomic E-state index is -0.471. The number of nitrogens with zero attached hydrogens (tertiary/aromatic N) is 1. The number of aromatic nitrogens is 1. The molecule has 0 spiro atoms. The number of nitrogen functional groups attached to an aromatic ring is 1. The van der Waals surface area contributed by atoms with Crippen molar-refractivity contribution in [2.75, 3.05) is 12.8 Å². The summed E-state index contributed by atoms with van der Waals surface area (Å²) in [5.74, 6) is 0.642. The second-order valence-corrected chi connectivity index (χ2v) is 5.11. The fourth-order valence-corrected chi connectivity index (χ4v) is 2.45. The Morgan fingerprint density at radius 2 is 2.26 bits per heavy atom. The maximum absolute atomic E-state index is 11.5. The van der Waals surface area contributed by atoms with Crippen LogP contribution in [-0.2, 0) is 4.74 Å². The standard InChI is InChI=1S/C14H20N2O3/c1-9-4-3-5-10(6-9)19-13-7-11(14(17)18-2)12(15)8-16-13/h7-10H,3-6,15H2,1-2H3. The number of nitrogens with two attached hydrogens (primary N) is 1. The van der Waals surface area contributed by atoms with Crippen LogP contribution in [0.25, 0.3) is 0 Å². The fourth-order valence-electron chi connectivity index (χ4n) is 2.45. The largest absolute Gasteiger partial charge is 0.474 e. The number of hydrogen-bond donors (Lipinski definition) is 1. The zero-order valence-corrected chi connectivity index (χ0v) is 11.4. The monoisotopic (exact) mass is 264 g/mol. The molecule has 2 unspecified atom stereocenters. The van der Waals surface area contributed by atoms with Crippen molar-refractivity contribution in [1.82, 2.24) is 4.98 Å². The van der Waals surface area contributed by atoms with E-state index >= 15 is 0 Å². The van der Waals surface area contributed by atoms with Crippen LogP contribution in [0, 0.1) is 5.92 Å². The van der Waals surface area contributed by atoms with E-state index in [1.54, 1.807) is 6.07 Å². The van der Waals surface area contributed by atoms with E-state index in [1.165, 1.54) is 26.1 Å². The molecule has 1 aliphatic rings. The van der Waals surface area contributed by atoms with Crippen molar-refractivity contribution in [3.8, 4) is 5.88 Å². The smallest absolute Gasteiger partial charge is 0.340 e. The molecule has 1 aromatic rings. The van der Waals surface area contributed by atoms with E-state index in [4.69, 9.17) is 10.5 Å². The average molecular weight is 264 g/mol. The van der Waals surface area contributed by atoms with Gasteiger partial charge < -0.3 is 15.2 Å². The van der Waals surface area contributed by atoms with E-state index in [0.29, 0.717) is 23.0 Å². The van der Waals surface area contributed by atoms with E-state index in [0.717, 1.165) is 12.8 Å². The molecule has 5 heteroatoms. The molecule has 0 bridgehead atoms. The van der Waals surface area contributed by atoms with Crippen LogP contribution in [0.4, 0.5) is 5.69 Å². The van der Waals surface area contributed by atoms with E-state index in [-0.39, 0.29) is 6.10 Å². The molecule has 1 aliphatic carbocycles. The second kappa shape index (κ2) is 5.91. The molecule has 0 radical (unpaired) electrons. The number of carbonyl (C=O) groups is 1. The van der Waals surface area contributed by atoms with Crippen molar-refractivity contribution in [1.29, 1.82) is 0 Å². The van der Waals surface area contributed by atoms with Crippen molar-refractivity contribution < 1.29 is 14.3 Å². The summed E-state index contributed by atoms with van der Waals surface area (Å²) in [6.07, 6.45) is 6.09. The first kappa shape index (κ1) is 13.6. The fraction of sp³-hybridized carbons (Fsp3) is 0.571. The van der Waals surface area contributed by atoms with Gasteiger partial charge in [0.2, 0.25) is 5.88 Å². The summed E-state index contributed by atoms with van der Waals surface area (Å²) < 4.78 is 10.5. The van der Waals surface area contributed by atoms with Gasteiger partial charge in [-0.1, -0.05) is 13.3 Å². The van der Waals surface area contributed by atoms with E-state index < -0.39 is 5.97 Å². The third kappa shape index (κ3) is 3.36. The highest BCUT2D eigenvalue weighted by molar-refractivity contribution is 5.95. The zero-order chi connectivity index (χ0) is 13.8. The third-order valence-electron chi connectivity index (χ3n) is 3.49. The van der Waals surface area contributed by atoms with E-state index in [9.17, 15) is 4.79 Å². The molecule has 1 fully saturated rings. The van der Waals surface area contributed by atoms with Crippen LogP contribution >= 0.6 is 0 Å².